The lowest BCUT2D eigenvalue weighted by atomic mass is 9.99. The van der Waals surface area contributed by atoms with Crippen molar-refractivity contribution < 1.29 is 9.53 Å². The molecule has 3 rings (SSSR count). The van der Waals surface area contributed by atoms with Gasteiger partial charge in [-0.25, -0.2) is 0 Å². The highest BCUT2D eigenvalue weighted by molar-refractivity contribution is 5.85. The maximum absolute atomic E-state index is 12.2. The third-order valence-electron chi connectivity index (χ3n) is 4.42. The minimum absolute atomic E-state index is 0. The Balaban J connectivity index is 0.000001000. The van der Waals surface area contributed by atoms with Crippen LogP contribution < -0.4 is 10.6 Å². The Labute approximate surface area is 133 Å². The lowest BCUT2D eigenvalue weighted by molar-refractivity contribution is -0.126. The number of rotatable bonds is 2. The number of morpholine rings is 1. The number of fused-ring (bicyclic) bond motifs is 1. The van der Waals surface area contributed by atoms with E-state index in [2.05, 4.69) is 15.5 Å². The summed E-state index contributed by atoms with van der Waals surface area (Å²) in [7, 11) is 0. The van der Waals surface area contributed by atoms with E-state index in [0.29, 0.717) is 25.3 Å². The predicted molar refractivity (Wildman–Crippen MR) is 82.9 cm³/mol. The van der Waals surface area contributed by atoms with E-state index in [1.54, 1.807) is 0 Å². The Bertz CT molecular complexity index is 314. The van der Waals surface area contributed by atoms with E-state index in [4.69, 9.17) is 4.74 Å². The molecule has 0 aromatic heterocycles. The Hall–Kier alpha value is -0.0700. The monoisotopic (exact) mass is 325 g/mol. The molecule has 2 N–H and O–H groups in total. The van der Waals surface area contributed by atoms with Gasteiger partial charge in [0.1, 0.15) is 6.04 Å². The van der Waals surface area contributed by atoms with E-state index in [1.807, 2.05) is 0 Å². The fraction of sp³-hybridized carbons (Fsp3) is 0.923. The van der Waals surface area contributed by atoms with Crippen LogP contribution in [0.5, 0.6) is 0 Å². The van der Waals surface area contributed by atoms with E-state index in [-0.39, 0.29) is 36.8 Å². The van der Waals surface area contributed by atoms with Crippen molar-refractivity contribution in [1.29, 1.82) is 0 Å². The zero-order valence-electron chi connectivity index (χ0n) is 11.7. The molecule has 0 bridgehead atoms. The number of carbonyl (C=O) groups excluding carboxylic acids is 1. The predicted octanol–water partition coefficient (Wildman–Crippen LogP) is 0.561. The van der Waals surface area contributed by atoms with E-state index in [9.17, 15) is 4.79 Å². The van der Waals surface area contributed by atoms with Crippen LogP contribution in [-0.4, -0.2) is 61.8 Å². The Kier molecular flexibility index (Phi) is 7.54. The largest absolute Gasteiger partial charge is 0.378 e. The van der Waals surface area contributed by atoms with Gasteiger partial charge in [-0.2, -0.15) is 0 Å². The van der Waals surface area contributed by atoms with Crippen LogP contribution in [-0.2, 0) is 9.53 Å². The molecule has 0 aromatic rings. The van der Waals surface area contributed by atoms with Crippen LogP contribution >= 0.6 is 24.8 Å². The third-order valence-corrected chi connectivity index (χ3v) is 4.42. The molecule has 0 aromatic carbocycles. The van der Waals surface area contributed by atoms with E-state index in [1.165, 1.54) is 25.8 Å². The van der Waals surface area contributed by atoms with Crippen LogP contribution in [0.25, 0.3) is 0 Å². The SMILES string of the molecule is Cl.Cl.O=C(NC1CCN2CCCCC12)C1COCCN1. The lowest BCUT2D eigenvalue weighted by Gasteiger charge is -2.33. The van der Waals surface area contributed by atoms with Gasteiger partial charge >= 0.3 is 0 Å². The Morgan fingerprint density at radius 1 is 1.20 bits per heavy atom. The summed E-state index contributed by atoms with van der Waals surface area (Å²) in [6, 6.07) is 0.769. The second kappa shape index (κ2) is 8.39. The molecule has 0 spiro atoms. The minimum Gasteiger partial charge on any atom is -0.378 e. The second-order valence-electron chi connectivity index (χ2n) is 5.58. The maximum Gasteiger partial charge on any atom is 0.239 e. The molecular formula is C13H25Cl2N3O2. The van der Waals surface area contributed by atoms with Gasteiger partial charge in [-0.15, -0.1) is 24.8 Å². The number of hydrogen-bond donors (Lipinski definition) is 2. The van der Waals surface area contributed by atoms with Gasteiger partial charge in [-0.3, -0.25) is 9.69 Å². The van der Waals surface area contributed by atoms with Gasteiger partial charge < -0.3 is 15.4 Å². The van der Waals surface area contributed by atoms with Crippen LogP contribution in [0.2, 0.25) is 0 Å². The Morgan fingerprint density at radius 2 is 2.05 bits per heavy atom. The highest BCUT2D eigenvalue weighted by Gasteiger charge is 2.37. The maximum atomic E-state index is 12.2. The fourth-order valence-electron chi connectivity index (χ4n) is 3.43. The van der Waals surface area contributed by atoms with Crippen LogP contribution in [0.3, 0.4) is 0 Å². The van der Waals surface area contributed by atoms with Crippen molar-refractivity contribution in [2.24, 2.45) is 0 Å². The average molecular weight is 326 g/mol. The summed E-state index contributed by atoms with van der Waals surface area (Å²) in [6.45, 7) is 4.35. The van der Waals surface area contributed by atoms with Gasteiger partial charge in [-0.1, -0.05) is 6.42 Å². The summed E-state index contributed by atoms with van der Waals surface area (Å²) in [4.78, 5) is 14.7. The molecule has 3 aliphatic rings. The van der Waals surface area contributed by atoms with Gasteiger partial charge in [0.25, 0.3) is 0 Å². The smallest absolute Gasteiger partial charge is 0.239 e. The van der Waals surface area contributed by atoms with Gasteiger partial charge in [0.2, 0.25) is 5.91 Å². The number of nitrogens with zero attached hydrogens (tertiary/aromatic N) is 1. The van der Waals surface area contributed by atoms with Gasteiger partial charge in [0.05, 0.1) is 13.2 Å². The molecule has 3 atom stereocenters. The van der Waals surface area contributed by atoms with Crippen molar-refractivity contribution in [3.05, 3.63) is 0 Å². The summed E-state index contributed by atoms with van der Waals surface area (Å²) < 4.78 is 5.34. The number of piperidine rings is 1. The molecule has 20 heavy (non-hydrogen) atoms. The molecule has 118 valence electrons. The number of ether oxygens (including phenoxy) is 1. The average Bonchev–Trinajstić information content (AvgIpc) is 2.83. The van der Waals surface area contributed by atoms with E-state index < -0.39 is 0 Å². The first-order valence-electron chi connectivity index (χ1n) is 7.20. The number of nitrogens with one attached hydrogen (secondary N) is 2. The summed E-state index contributed by atoms with van der Waals surface area (Å²) in [6.07, 6.45) is 4.96. The standard InChI is InChI=1S/C13H23N3O2.2ClH/c17-13(11-9-18-8-5-14-11)15-10-4-7-16-6-2-1-3-12(10)16;;/h10-12,14H,1-9H2,(H,15,17);2*1H. The van der Waals surface area contributed by atoms with Gasteiger partial charge in [0.15, 0.2) is 0 Å². The van der Waals surface area contributed by atoms with E-state index >= 15 is 0 Å². The van der Waals surface area contributed by atoms with Crippen LogP contribution in [0.4, 0.5) is 0 Å². The molecule has 5 nitrogen and oxygen atoms in total. The molecule has 0 saturated carbocycles. The van der Waals surface area contributed by atoms with Crippen molar-refractivity contribution in [2.75, 3.05) is 32.8 Å². The third kappa shape index (κ3) is 3.98. The molecule has 1 amide bonds. The number of amides is 1. The topological polar surface area (TPSA) is 53.6 Å². The first-order chi connectivity index (χ1) is 8.84. The summed E-state index contributed by atoms with van der Waals surface area (Å²) in [5.74, 6) is 0.118. The zero-order valence-corrected chi connectivity index (χ0v) is 13.3. The zero-order chi connectivity index (χ0) is 12.4. The number of carbonyl (C=O) groups is 1. The second-order valence-corrected chi connectivity index (χ2v) is 5.58. The first-order valence-corrected chi connectivity index (χ1v) is 7.20. The van der Waals surface area contributed by atoms with Crippen molar-refractivity contribution in [3.63, 3.8) is 0 Å². The minimum atomic E-state index is -0.156. The number of halogens is 2. The quantitative estimate of drug-likeness (QED) is 0.779. The number of hydrogen-bond acceptors (Lipinski definition) is 4. The molecule has 3 heterocycles. The van der Waals surface area contributed by atoms with Gasteiger partial charge in [-0.05, 0) is 25.8 Å². The lowest BCUT2D eigenvalue weighted by Crippen LogP contribution is -2.55. The molecule has 0 aliphatic carbocycles. The van der Waals surface area contributed by atoms with Gasteiger partial charge in [0, 0.05) is 25.2 Å². The van der Waals surface area contributed by atoms with Crippen LogP contribution in [0, 0.1) is 0 Å². The van der Waals surface area contributed by atoms with Crippen molar-refractivity contribution in [1.82, 2.24) is 15.5 Å². The van der Waals surface area contributed by atoms with Crippen molar-refractivity contribution >= 4 is 30.7 Å². The van der Waals surface area contributed by atoms with Crippen molar-refractivity contribution in [3.8, 4) is 0 Å². The molecule has 3 aliphatic heterocycles. The molecule has 3 fully saturated rings. The molecular weight excluding hydrogens is 301 g/mol. The molecule has 0 radical (unpaired) electrons. The molecule has 3 saturated heterocycles. The Morgan fingerprint density at radius 3 is 2.80 bits per heavy atom. The highest BCUT2D eigenvalue weighted by Crippen LogP contribution is 2.27. The van der Waals surface area contributed by atoms with Crippen LogP contribution in [0.1, 0.15) is 25.7 Å². The molecule has 3 unspecified atom stereocenters. The highest BCUT2D eigenvalue weighted by atomic mass is 35.5. The normalized spacial score (nSPS) is 33.5. The first kappa shape index (κ1) is 18.0. The summed E-state index contributed by atoms with van der Waals surface area (Å²) >= 11 is 0. The fourth-order valence-corrected chi connectivity index (χ4v) is 3.43. The summed E-state index contributed by atoms with van der Waals surface area (Å²) in [5.41, 5.74) is 0. The summed E-state index contributed by atoms with van der Waals surface area (Å²) in [5, 5.41) is 6.44. The molecule has 7 heteroatoms. The van der Waals surface area contributed by atoms with E-state index in [0.717, 1.165) is 19.5 Å². The van der Waals surface area contributed by atoms with Crippen LogP contribution in [0.15, 0.2) is 0 Å². The van der Waals surface area contributed by atoms with Crippen molar-refractivity contribution in [2.45, 2.75) is 43.8 Å².